The van der Waals surface area contributed by atoms with Gasteiger partial charge < -0.3 is 9.47 Å². The summed E-state index contributed by atoms with van der Waals surface area (Å²) in [6.07, 6.45) is 0. The Balaban J connectivity index is 1.70. The fraction of sp³-hybridized carbons (Fsp3) is 0.286. The van der Waals surface area contributed by atoms with Crippen molar-refractivity contribution in [3.63, 3.8) is 0 Å². The average molecular weight is 416 g/mol. The highest BCUT2D eigenvalue weighted by atomic mass is 32.2. The van der Waals surface area contributed by atoms with Crippen molar-refractivity contribution in [1.29, 1.82) is 0 Å². The summed E-state index contributed by atoms with van der Waals surface area (Å²) in [7, 11) is 1.55. The van der Waals surface area contributed by atoms with Crippen LogP contribution in [0.5, 0.6) is 5.75 Å². The van der Waals surface area contributed by atoms with Crippen LogP contribution in [0.3, 0.4) is 0 Å². The molecule has 5 nitrogen and oxygen atoms in total. The Morgan fingerprint density at radius 3 is 2.71 bits per heavy atom. The molecule has 1 aliphatic heterocycles. The van der Waals surface area contributed by atoms with Gasteiger partial charge in [-0.3, -0.25) is 9.79 Å². The van der Waals surface area contributed by atoms with Gasteiger partial charge in [-0.1, -0.05) is 41.7 Å². The summed E-state index contributed by atoms with van der Waals surface area (Å²) >= 11 is 3.39. The number of rotatable bonds is 7. The lowest BCUT2D eigenvalue weighted by molar-refractivity contribution is 0.0469. The molecule has 0 saturated heterocycles. The SMILES string of the molecule is COc1ccc(C(C)=O)cc1COC(=O)c1ccccc1CSC1=NCCS1. The van der Waals surface area contributed by atoms with Gasteiger partial charge in [0.15, 0.2) is 5.78 Å². The third kappa shape index (κ3) is 5.17. The van der Waals surface area contributed by atoms with Crippen LogP contribution in [0.1, 0.15) is 38.8 Å². The van der Waals surface area contributed by atoms with E-state index in [9.17, 15) is 9.59 Å². The molecule has 1 aliphatic rings. The molecule has 0 aliphatic carbocycles. The fourth-order valence-corrected chi connectivity index (χ4v) is 4.73. The summed E-state index contributed by atoms with van der Waals surface area (Å²) < 4.78 is 11.9. The van der Waals surface area contributed by atoms with Gasteiger partial charge in [-0.2, -0.15) is 0 Å². The van der Waals surface area contributed by atoms with E-state index in [4.69, 9.17) is 9.47 Å². The van der Waals surface area contributed by atoms with E-state index in [2.05, 4.69) is 4.99 Å². The molecular weight excluding hydrogens is 394 g/mol. The third-order valence-electron chi connectivity index (χ3n) is 4.19. The molecule has 146 valence electrons. The second-order valence-electron chi connectivity index (χ2n) is 6.10. The maximum absolute atomic E-state index is 12.7. The zero-order valence-corrected chi connectivity index (χ0v) is 17.4. The number of hydrogen-bond donors (Lipinski definition) is 0. The van der Waals surface area contributed by atoms with Gasteiger partial charge in [-0.25, -0.2) is 4.79 Å². The van der Waals surface area contributed by atoms with Crippen LogP contribution < -0.4 is 4.74 Å². The molecule has 0 amide bonds. The van der Waals surface area contributed by atoms with E-state index in [1.807, 2.05) is 18.2 Å². The van der Waals surface area contributed by atoms with E-state index in [1.165, 1.54) is 6.92 Å². The molecule has 28 heavy (non-hydrogen) atoms. The van der Waals surface area contributed by atoms with E-state index in [-0.39, 0.29) is 12.4 Å². The lowest BCUT2D eigenvalue weighted by Crippen LogP contribution is -2.09. The van der Waals surface area contributed by atoms with Crippen LogP contribution >= 0.6 is 23.5 Å². The number of esters is 1. The number of carbonyl (C=O) groups is 2. The second kappa shape index (κ2) is 9.80. The smallest absolute Gasteiger partial charge is 0.338 e. The highest BCUT2D eigenvalue weighted by Crippen LogP contribution is 2.27. The molecule has 7 heteroatoms. The Kier molecular flexibility index (Phi) is 7.17. The van der Waals surface area contributed by atoms with Crippen molar-refractivity contribution in [2.45, 2.75) is 19.3 Å². The van der Waals surface area contributed by atoms with Crippen molar-refractivity contribution in [1.82, 2.24) is 0 Å². The molecule has 0 unspecified atom stereocenters. The van der Waals surface area contributed by atoms with Crippen LogP contribution in [0.4, 0.5) is 0 Å². The largest absolute Gasteiger partial charge is 0.496 e. The summed E-state index contributed by atoms with van der Waals surface area (Å²) in [5.41, 5.74) is 2.67. The van der Waals surface area contributed by atoms with Crippen LogP contribution in [-0.4, -0.2) is 35.5 Å². The number of aliphatic imine (C=N–C) groups is 1. The zero-order valence-electron chi connectivity index (χ0n) is 15.8. The van der Waals surface area contributed by atoms with Gasteiger partial charge in [0.05, 0.1) is 19.2 Å². The number of hydrogen-bond acceptors (Lipinski definition) is 7. The van der Waals surface area contributed by atoms with Gasteiger partial charge in [0, 0.05) is 22.6 Å². The van der Waals surface area contributed by atoms with Gasteiger partial charge in [0.1, 0.15) is 16.7 Å². The van der Waals surface area contributed by atoms with Gasteiger partial charge in [0.2, 0.25) is 0 Å². The fourth-order valence-electron chi connectivity index (χ4n) is 2.72. The van der Waals surface area contributed by atoms with Crippen LogP contribution in [0.2, 0.25) is 0 Å². The van der Waals surface area contributed by atoms with Crippen LogP contribution in [0, 0.1) is 0 Å². The molecule has 0 saturated carbocycles. The molecule has 1 heterocycles. The second-order valence-corrected chi connectivity index (χ2v) is 8.41. The summed E-state index contributed by atoms with van der Waals surface area (Å²) in [5, 5.41) is 0. The van der Waals surface area contributed by atoms with Gasteiger partial charge in [-0.05, 0) is 36.8 Å². The van der Waals surface area contributed by atoms with E-state index in [0.717, 1.165) is 22.2 Å². The number of thioether (sulfide) groups is 2. The summed E-state index contributed by atoms with van der Waals surface area (Å²) in [6, 6.07) is 12.5. The first-order valence-electron chi connectivity index (χ1n) is 8.81. The lowest BCUT2D eigenvalue weighted by Gasteiger charge is -2.12. The average Bonchev–Trinajstić information content (AvgIpc) is 3.24. The quantitative estimate of drug-likeness (QED) is 0.487. The first kappa shape index (κ1) is 20.5. The first-order valence-corrected chi connectivity index (χ1v) is 10.8. The number of carbonyl (C=O) groups excluding carboxylic acids is 2. The molecular formula is C21H21NO4S2. The number of Topliss-reactive ketones (excluding diaryl/α,β-unsaturated/α-hetero) is 1. The van der Waals surface area contributed by atoms with E-state index in [1.54, 1.807) is 54.9 Å². The van der Waals surface area contributed by atoms with Crippen molar-refractivity contribution in [2.75, 3.05) is 19.4 Å². The molecule has 2 aromatic rings. The Morgan fingerprint density at radius 1 is 1.18 bits per heavy atom. The van der Waals surface area contributed by atoms with Crippen LogP contribution in [0.25, 0.3) is 0 Å². The van der Waals surface area contributed by atoms with Crippen molar-refractivity contribution in [3.8, 4) is 5.75 Å². The number of methoxy groups -OCH3 is 1. The molecule has 0 spiro atoms. The number of ether oxygens (including phenoxy) is 2. The highest BCUT2D eigenvalue weighted by Gasteiger charge is 2.16. The van der Waals surface area contributed by atoms with Crippen molar-refractivity contribution >= 4 is 39.7 Å². The first-order chi connectivity index (χ1) is 13.6. The Labute approximate surface area is 172 Å². The van der Waals surface area contributed by atoms with E-state index < -0.39 is 5.97 Å². The molecule has 0 bridgehead atoms. The maximum Gasteiger partial charge on any atom is 0.338 e. The van der Waals surface area contributed by atoms with E-state index in [0.29, 0.717) is 28.2 Å². The van der Waals surface area contributed by atoms with Gasteiger partial charge >= 0.3 is 5.97 Å². The van der Waals surface area contributed by atoms with Gasteiger partial charge in [-0.15, -0.1) is 0 Å². The number of nitrogens with zero attached hydrogens (tertiary/aromatic N) is 1. The van der Waals surface area contributed by atoms with Crippen LogP contribution in [-0.2, 0) is 17.1 Å². The summed E-state index contributed by atoms with van der Waals surface area (Å²) in [6.45, 7) is 2.39. The van der Waals surface area contributed by atoms with Crippen molar-refractivity contribution < 1.29 is 19.1 Å². The lowest BCUT2D eigenvalue weighted by atomic mass is 10.1. The molecule has 0 N–H and O–H groups in total. The Hall–Kier alpha value is -2.25. The van der Waals surface area contributed by atoms with Gasteiger partial charge in [0.25, 0.3) is 0 Å². The predicted molar refractivity (Wildman–Crippen MR) is 115 cm³/mol. The summed E-state index contributed by atoms with van der Waals surface area (Å²) in [5.74, 6) is 1.82. The Morgan fingerprint density at radius 2 is 2.00 bits per heavy atom. The number of benzene rings is 2. The third-order valence-corrected chi connectivity index (χ3v) is 6.49. The maximum atomic E-state index is 12.7. The molecule has 3 rings (SSSR count). The minimum Gasteiger partial charge on any atom is -0.496 e. The molecule has 2 aromatic carbocycles. The van der Waals surface area contributed by atoms with E-state index >= 15 is 0 Å². The monoisotopic (exact) mass is 415 g/mol. The van der Waals surface area contributed by atoms with Crippen molar-refractivity contribution in [2.24, 2.45) is 4.99 Å². The Bertz CT molecular complexity index is 911. The predicted octanol–water partition coefficient (Wildman–Crippen LogP) is 4.59. The molecule has 0 radical (unpaired) electrons. The molecule has 0 fully saturated rings. The normalized spacial score (nSPS) is 13.1. The highest BCUT2D eigenvalue weighted by molar-refractivity contribution is 8.38. The van der Waals surface area contributed by atoms with Crippen molar-refractivity contribution in [3.05, 3.63) is 64.7 Å². The minimum atomic E-state index is -0.396. The zero-order chi connectivity index (χ0) is 19.9. The molecule has 0 atom stereocenters. The number of ketones is 1. The summed E-state index contributed by atoms with van der Waals surface area (Å²) in [4.78, 5) is 28.7. The topological polar surface area (TPSA) is 65.0 Å². The molecule has 0 aromatic heterocycles. The minimum absolute atomic E-state index is 0.0349. The van der Waals surface area contributed by atoms with Crippen LogP contribution in [0.15, 0.2) is 47.5 Å². The standard InChI is InChI=1S/C21H21NO4S2/c1-14(23)15-7-8-19(25-2)17(11-15)12-26-20(24)18-6-4-3-5-16(18)13-28-21-22-9-10-27-21/h3-8,11H,9-10,12-13H2,1-2H3.